The van der Waals surface area contributed by atoms with Crippen LogP contribution in [0.4, 0.5) is 0 Å². The minimum Gasteiger partial charge on any atom is -1.00 e. The van der Waals surface area contributed by atoms with Gasteiger partial charge in [0.05, 0.1) is 5.02 Å². The monoisotopic (exact) mass is 389 g/mol. The quantitative estimate of drug-likeness (QED) is 0.621. The summed E-state index contributed by atoms with van der Waals surface area (Å²) in [4.78, 5) is 23.1. The smallest absolute Gasteiger partial charge is 1.00 e. The van der Waals surface area contributed by atoms with Gasteiger partial charge >= 0.3 is 35.5 Å². The molecule has 0 heterocycles. The van der Waals surface area contributed by atoms with Crippen LogP contribution < -0.4 is 39.6 Å². The molecule has 0 saturated heterocycles. The van der Waals surface area contributed by atoms with Crippen molar-refractivity contribution in [1.29, 1.82) is 0 Å². The van der Waals surface area contributed by atoms with E-state index in [4.69, 9.17) is 33.0 Å². The Balaban J connectivity index is 0. The molecule has 2 N–H and O–H groups in total. The maximum atomic E-state index is 12.0. The zero-order valence-corrected chi connectivity index (χ0v) is 17.5. The molecular formula is C14H18Cl2NNaO4S. The van der Waals surface area contributed by atoms with Gasteiger partial charge < -0.3 is 16.6 Å². The first-order valence-electron chi connectivity index (χ1n) is 6.49. The summed E-state index contributed by atoms with van der Waals surface area (Å²) in [6.07, 6.45) is 1.33. The van der Waals surface area contributed by atoms with Gasteiger partial charge in [-0.3, -0.25) is 4.79 Å². The molecule has 5 nitrogen and oxygen atoms in total. The number of hydrogen-bond donors (Lipinski definition) is 2. The summed E-state index contributed by atoms with van der Waals surface area (Å²) in [6.45, 7) is 1.52. The number of carbonyl (C=O) groups excluding carboxylic acids is 1. The van der Waals surface area contributed by atoms with Crippen molar-refractivity contribution >= 4 is 46.8 Å². The van der Waals surface area contributed by atoms with Gasteiger partial charge in [-0.2, -0.15) is 11.8 Å². The molecule has 2 atom stereocenters. The Bertz CT molecular complexity index is 554. The molecule has 0 aliphatic carbocycles. The SMILES string of the molecule is CSCC[C@H](NC(=O)C(C)Oc1ccc(Cl)cc1Cl)C(=O)O.[H-].[Na+]. The van der Waals surface area contributed by atoms with Crippen molar-refractivity contribution in [3.63, 3.8) is 0 Å². The zero-order chi connectivity index (χ0) is 16.7. The van der Waals surface area contributed by atoms with Crippen LogP contribution in [0.15, 0.2) is 18.2 Å². The summed E-state index contributed by atoms with van der Waals surface area (Å²) >= 11 is 13.3. The van der Waals surface area contributed by atoms with Crippen molar-refractivity contribution in [2.24, 2.45) is 0 Å². The topological polar surface area (TPSA) is 75.6 Å². The number of nitrogens with one attached hydrogen (secondary N) is 1. The van der Waals surface area contributed by atoms with E-state index < -0.39 is 24.0 Å². The minimum atomic E-state index is -1.07. The van der Waals surface area contributed by atoms with Gasteiger partial charge in [0, 0.05) is 5.02 Å². The normalized spacial score (nSPS) is 12.7. The second-order valence-electron chi connectivity index (χ2n) is 4.52. The molecule has 23 heavy (non-hydrogen) atoms. The van der Waals surface area contributed by atoms with E-state index in [0.29, 0.717) is 22.9 Å². The Morgan fingerprint density at radius 1 is 1.43 bits per heavy atom. The molecule has 0 fully saturated rings. The molecule has 0 aliphatic rings. The molecule has 1 aromatic carbocycles. The first kappa shape index (κ1) is 22.9. The number of carboxylic acid groups (broad SMARTS) is 1. The number of ether oxygens (including phenoxy) is 1. The Kier molecular flexibility index (Phi) is 11.4. The third kappa shape index (κ3) is 8.01. The number of amides is 1. The van der Waals surface area contributed by atoms with Gasteiger partial charge in [-0.25, -0.2) is 4.79 Å². The van der Waals surface area contributed by atoms with Crippen LogP contribution >= 0.6 is 35.0 Å². The Hall–Kier alpha value is -0.110. The molecule has 0 radical (unpaired) electrons. The Morgan fingerprint density at radius 2 is 2.09 bits per heavy atom. The van der Waals surface area contributed by atoms with E-state index in [1.165, 1.54) is 24.8 Å². The number of aliphatic carboxylic acids is 1. The van der Waals surface area contributed by atoms with Crippen LogP contribution in [0.2, 0.25) is 10.0 Å². The van der Waals surface area contributed by atoms with E-state index >= 15 is 0 Å². The second-order valence-corrected chi connectivity index (χ2v) is 6.34. The Labute approximate surface area is 173 Å². The standard InChI is InChI=1S/C14H17Cl2NO4S.Na.H/c1-8(21-12-4-3-9(15)7-10(12)16)13(18)17-11(14(19)20)5-6-22-2;;/h3-4,7-8,11H,5-6H2,1-2H3,(H,17,18)(H,19,20);;/q;+1;-1/t8?,11-;;/m0../s1. The van der Waals surface area contributed by atoms with Crippen molar-refractivity contribution in [3.05, 3.63) is 28.2 Å². The number of carbonyl (C=O) groups is 2. The van der Waals surface area contributed by atoms with Crippen molar-refractivity contribution in [2.75, 3.05) is 12.0 Å². The van der Waals surface area contributed by atoms with E-state index in [-0.39, 0.29) is 36.0 Å². The average molecular weight is 390 g/mol. The van der Waals surface area contributed by atoms with Gasteiger partial charge in [-0.15, -0.1) is 0 Å². The molecule has 0 aliphatic heterocycles. The molecular weight excluding hydrogens is 372 g/mol. The zero-order valence-electron chi connectivity index (χ0n) is 14.1. The van der Waals surface area contributed by atoms with Crippen LogP contribution in [0, 0.1) is 0 Å². The molecule has 0 saturated carbocycles. The predicted molar refractivity (Wildman–Crippen MR) is 90.2 cm³/mol. The maximum Gasteiger partial charge on any atom is 1.00 e. The fourth-order valence-electron chi connectivity index (χ4n) is 1.60. The van der Waals surface area contributed by atoms with Gasteiger partial charge in [-0.05, 0) is 43.6 Å². The van der Waals surface area contributed by atoms with E-state index in [1.807, 2.05) is 6.26 Å². The third-order valence-electron chi connectivity index (χ3n) is 2.79. The van der Waals surface area contributed by atoms with Crippen LogP contribution in [0.5, 0.6) is 5.75 Å². The first-order valence-corrected chi connectivity index (χ1v) is 8.64. The van der Waals surface area contributed by atoms with Crippen molar-refractivity contribution in [2.45, 2.75) is 25.5 Å². The van der Waals surface area contributed by atoms with E-state index in [0.717, 1.165) is 0 Å². The molecule has 1 amide bonds. The fourth-order valence-corrected chi connectivity index (χ4v) is 2.52. The molecule has 0 spiro atoms. The number of thioether (sulfide) groups is 1. The van der Waals surface area contributed by atoms with E-state index in [1.54, 1.807) is 12.1 Å². The molecule has 1 unspecified atom stereocenters. The summed E-state index contributed by atoms with van der Waals surface area (Å²) in [5.74, 6) is -0.640. The van der Waals surface area contributed by atoms with Crippen LogP contribution in [-0.4, -0.2) is 41.1 Å². The van der Waals surface area contributed by atoms with Gasteiger partial charge in [0.2, 0.25) is 0 Å². The third-order valence-corrected chi connectivity index (χ3v) is 3.97. The van der Waals surface area contributed by atoms with Crippen molar-refractivity contribution < 1.29 is 50.4 Å². The average Bonchev–Trinajstić information content (AvgIpc) is 2.45. The second kappa shape index (κ2) is 11.4. The summed E-state index contributed by atoms with van der Waals surface area (Å²) in [5.41, 5.74) is 0. The summed E-state index contributed by atoms with van der Waals surface area (Å²) in [6, 6.07) is 3.70. The molecule has 124 valence electrons. The minimum absolute atomic E-state index is 0. The molecule has 1 rings (SSSR count). The number of benzene rings is 1. The van der Waals surface area contributed by atoms with E-state index in [2.05, 4.69) is 5.32 Å². The van der Waals surface area contributed by atoms with Crippen LogP contribution in [-0.2, 0) is 9.59 Å². The number of halogens is 2. The van der Waals surface area contributed by atoms with E-state index in [9.17, 15) is 9.59 Å². The molecule has 1 aromatic rings. The maximum absolute atomic E-state index is 12.0. The Morgan fingerprint density at radius 3 is 2.61 bits per heavy atom. The summed E-state index contributed by atoms with van der Waals surface area (Å²) in [5, 5.41) is 12.3. The number of rotatable bonds is 8. The van der Waals surface area contributed by atoms with Gasteiger partial charge in [0.1, 0.15) is 11.8 Å². The summed E-state index contributed by atoms with van der Waals surface area (Å²) < 4.78 is 5.45. The van der Waals surface area contributed by atoms with Gasteiger partial charge in [0.25, 0.3) is 5.91 Å². The largest absolute Gasteiger partial charge is 1.00 e. The van der Waals surface area contributed by atoms with Crippen LogP contribution in [0.25, 0.3) is 0 Å². The van der Waals surface area contributed by atoms with Gasteiger partial charge in [-0.1, -0.05) is 23.2 Å². The molecule has 0 aromatic heterocycles. The number of hydrogen-bond acceptors (Lipinski definition) is 4. The van der Waals surface area contributed by atoms with Crippen molar-refractivity contribution in [3.8, 4) is 5.75 Å². The van der Waals surface area contributed by atoms with Crippen LogP contribution in [0.1, 0.15) is 14.8 Å². The number of carboxylic acids is 1. The fraction of sp³-hybridized carbons (Fsp3) is 0.429. The van der Waals surface area contributed by atoms with Crippen molar-refractivity contribution in [1.82, 2.24) is 5.32 Å². The predicted octanol–water partition coefficient (Wildman–Crippen LogP) is 0.200. The van der Waals surface area contributed by atoms with Gasteiger partial charge in [0.15, 0.2) is 6.10 Å². The summed E-state index contributed by atoms with van der Waals surface area (Å²) in [7, 11) is 0. The van der Waals surface area contributed by atoms with Crippen LogP contribution in [0.3, 0.4) is 0 Å². The first-order chi connectivity index (χ1) is 10.3. The molecule has 9 heteroatoms. The molecule has 0 bridgehead atoms.